The number of alkyl halides is 3. The fraction of sp³-hybridized carbons (Fsp3) is 0.300. The molecule has 5 nitrogen and oxygen atoms in total. The second-order valence-corrected chi connectivity index (χ2v) is 12.8. The summed E-state index contributed by atoms with van der Waals surface area (Å²) in [7, 11) is -4.34. The Kier molecular flexibility index (Phi) is 7.91. The molecule has 2 aliphatic rings. The van der Waals surface area contributed by atoms with Gasteiger partial charge in [-0.3, -0.25) is 4.79 Å². The van der Waals surface area contributed by atoms with Gasteiger partial charge >= 0.3 is 6.18 Å². The van der Waals surface area contributed by atoms with Gasteiger partial charge in [-0.15, -0.1) is 0 Å². The molecular formula is C30H26ClF4NO4S. The molecule has 1 saturated carbocycles. The van der Waals surface area contributed by atoms with E-state index in [0.29, 0.717) is 17.2 Å². The van der Waals surface area contributed by atoms with E-state index >= 15 is 0 Å². The van der Waals surface area contributed by atoms with Crippen molar-refractivity contribution in [2.45, 2.75) is 48.6 Å². The molecule has 3 aromatic rings. The van der Waals surface area contributed by atoms with E-state index in [1.54, 1.807) is 37.3 Å². The molecule has 0 bridgehead atoms. The molecule has 41 heavy (non-hydrogen) atoms. The Bertz CT molecular complexity index is 1610. The molecule has 0 saturated heterocycles. The van der Waals surface area contributed by atoms with Gasteiger partial charge in [-0.25, -0.2) is 12.8 Å². The second-order valence-electron chi connectivity index (χ2n) is 10.3. The van der Waals surface area contributed by atoms with Crippen molar-refractivity contribution < 1.29 is 35.5 Å². The highest BCUT2D eigenvalue weighted by atomic mass is 35.5. The van der Waals surface area contributed by atoms with E-state index in [0.717, 1.165) is 31.0 Å². The smallest absolute Gasteiger partial charge is 0.416 e. The first-order chi connectivity index (χ1) is 19.3. The molecule has 1 aliphatic carbocycles. The number of amides is 1. The van der Waals surface area contributed by atoms with Crippen LogP contribution >= 0.6 is 11.6 Å². The Hall–Kier alpha value is -3.37. The SMILES string of the molecule is C/C(=C\c1ccc2c(c1)C(S(=O)(=O)c1cccc(C(F)(F)F)c1)CC(CNC(=O)C1CC1)O2)c1c(F)cccc1Cl. The lowest BCUT2D eigenvalue weighted by Gasteiger charge is -2.32. The number of allylic oxidation sites excluding steroid dienone is 1. The number of sulfone groups is 1. The molecule has 1 heterocycles. The number of carbonyl (C=O) groups excluding carboxylic acids is 1. The predicted octanol–water partition coefficient (Wildman–Crippen LogP) is 7.25. The number of benzene rings is 3. The number of fused-ring (bicyclic) bond motifs is 1. The van der Waals surface area contributed by atoms with Crippen molar-refractivity contribution in [3.63, 3.8) is 0 Å². The van der Waals surface area contributed by atoms with Crippen molar-refractivity contribution >= 4 is 39.0 Å². The zero-order valence-corrected chi connectivity index (χ0v) is 23.4. The summed E-state index contributed by atoms with van der Waals surface area (Å²) in [5.41, 5.74) is 0.390. The van der Waals surface area contributed by atoms with E-state index in [-0.39, 0.29) is 46.7 Å². The van der Waals surface area contributed by atoms with Crippen molar-refractivity contribution in [3.05, 3.63) is 93.8 Å². The number of carbonyl (C=O) groups is 1. The molecule has 1 fully saturated rings. The minimum atomic E-state index is -4.72. The molecule has 5 rings (SSSR count). The van der Waals surface area contributed by atoms with Crippen LogP contribution in [-0.4, -0.2) is 27.0 Å². The molecule has 216 valence electrons. The molecule has 2 unspecified atom stereocenters. The topological polar surface area (TPSA) is 72.5 Å². The Balaban J connectivity index is 1.54. The maximum Gasteiger partial charge on any atom is 0.416 e. The third-order valence-electron chi connectivity index (χ3n) is 7.21. The van der Waals surface area contributed by atoms with Gasteiger partial charge in [0.2, 0.25) is 5.91 Å². The Labute approximate surface area is 240 Å². The molecule has 11 heteroatoms. The van der Waals surface area contributed by atoms with Gasteiger partial charge in [0.25, 0.3) is 0 Å². The molecule has 0 aromatic heterocycles. The van der Waals surface area contributed by atoms with Crippen molar-refractivity contribution in [2.75, 3.05) is 6.54 Å². The third kappa shape index (κ3) is 6.28. The number of hydrogen-bond donors (Lipinski definition) is 1. The normalized spacial score (nSPS) is 19.3. The highest BCUT2D eigenvalue weighted by molar-refractivity contribution is 7.91. The zero-order valence-electron chi connectivity index (χ0n) is 21.8. The lowest BCUT2D eigenvalue weighted by atomic mass is 9.97. The number of rotatable bonds is 7. The summed E-state index contributed by atoms with van der Waals surface area (Å²) in [5, 5.41) is 1.74. The minimum Gasteiger partial charge on any atom is -0.488 e. The van der Waals surface area contributed by atoms with E-state index in [4.69, 9.17) is 16.3 Å². The summed E-state index contributed by atoms with van der Waals surface area (Å²) < 4.78 is 88.6. The summed E-state index contributed by atoms with van der Waals surface area (Å²) in [6.07, 6.45) is -2.32. The van der Waals surface area contributed by atoms with E-state index in [2.05, 4.69) is 5.32 Å². The van der Waals surface area contributed by atoms with Crippen LogP contribution in [0.4, 0.5) is 17.6 Å². The highest BCUT2D eigenvalue weighted by Gasteiger charge is 2.40. The van der Waals surface area contributed by atoms with Gasteiger partial charge in [0.05, 0.1) is 27.3 Å². The van der Waals surface area contributed by atoms with E-state index in [9.17, 15) is 30.8 Å². The lowest BCUT2D eigenvalue weighted by Crippen LogP contribution is -2.40. The molecule has 1 N–H and O–H groups in total. The van der Waals surface area contributed by atoms with Gasteiger partial charge in [-0.1, -0.05) is 35.9 Å². The Morgan fingerprint density at radius 2 is 1.83 bits per heavy atom. The summed E-state index contributed by atoms with van der Waals surface area (Å²) in [4.78, 5) is 11.7. The summed E-state index contributed by atoms with van der Waals surface area (Å²) in [6, 6.07) is 12.8. The first-order valence-electron chi connectivity index (χ1n) is 13.0. The largest absolute Gasteiger partial charge is 0.488 e. The van der Waals surface area contributed by atoms with Crippen molar-refractivity contribution in [1.29, 1.82) is 0 Å². The highest BCUT2D eigenvalue weighted by Crippen LogP contribution is 2.44. The van der Waals surface area contributed by atoms with Crippen LogP contribution in [0.2, 0.25) is 5.02 Å². The molecule has 0 radical (unpaired) electrons. The molecular weight excluding hydrogens is 582 g/mol. The Morgan fingerprint density at radius 3 is 2.51 bits per heavy atom. The van der Waals surface area contributed by atoms with Gasteiger partial charge in [0.1, 0.15) is 17.7 Å². The fourth-order valence-electron chi connectivity index (χ4n) is 4.94. The van der Waals surface area contributed by atoms with Crippen LogP contribution in [0, 0.1) is 11.7 Å². The predicted molar refractivity (Wildman–Crippen MR) is 148 cm³/mol. The van der Waals surface area contributed by atoms with Crippen molar-refractivity contribution in [1.82, 2.24) is 5.32 Å². The zero-order chi connectivity index (χ0) is 29.5. The van der Waals surface area contributed by atoms with Crippen LogP contribution in [-0.2, 0) is 20.8 Å². The van der Waals surface area contributed by atoms with Gasteiger partial charge in [-0.05, 0) is 73.4 Å². The lowest BCUT2D eigenvalue weighted by molar-refractivity contribution is -0.137. The minimum absolute atomic E-state index is 0.0515. The van der Waals surface area contributed by atoms with Gasteiger partial charge in [0, 0.05) is 23.5 Å². The van der Waals surface area contributed by atoms with E-state index < -0.39 is 43.6 Å². The van der Waals surface area contributed by atoms with Crippen LogP contribution in [0.3, 0.4) is 0 Å². The first-order valence-corrected chi connectivity index (χ1v) is 14.9. The number of halogens is 5. The monoisotopic (exact) mass is 607 g/mol. The van der Waals surface area contributed by atoms with Crippen LogP contribution < -0.4 is 10.1 Å². The van der Waals surface area contributed by atoms with Crippen LogP contribution in [0.1, 0.15) is 53.7 Å². The quantitative estimate of drug-likeness (QED) is 0.227. The maximum absolute atomic E-state index is 14.5. The van der Waals surface area contributed by atoms with Crippen LogP contribution in [0.25, 0.3) is 11.6 Å². The van der Waals surface area contributed by atoms with Crippen molar-refractivity contribution in [3.8, 4) is 5.75 Å². The standard InChI is InChI=1S/C30H26ClF4NO4S/c1-17(28-24(31)6-3-7-25(28)32)12-18-8-11-26-23(13-18)27(15-21(40-26)16-36-29(37)19-9-10-19)41(38,39)22-5-2-4-20(14-22)30(33,34)35/h2-8,11-14,19,21,27H,9-10,15-16H2,1H3,(H,36,37)/b17-12+. The molecule has 1 amide bonds. The molecule has 0 spiro atoms. The number of hydrogen-bond acceptors (Lipinski definition) is 4. The van der Waals surface area contributed by atoms with Crippen LogP contribution in [0.15, 0.2) is 65.6 Å². The second kappa shape index (κ2) is 11.1. The van der Waals surface area contributed by atoms with Gasteiger partial charge in [0.15, 0.2) is 9.84 Å². The summed E-state index contributed by atoms with van der Waals surface area (Å²) in [5.74, 6) is -0.481. The third-order valence-corrected chi connectivity index (χ3v) is 9.63. The van der Waals surface area contributed by atoms with Gasteiger partial charge < -0.3 is 10.1 Å². The summed E-state index contributed by atoms with van der Waals surface area (Å²) in [6.45, 7) is 1.71. The Morgan fingerprint density at radius 1 is 1.10 bits per heavy atom. The van der Waals surface area contributed by atoms with E-state index in [1.165, 1.54) is 12.1 Å². The van der Waals surface area contributed by atoms with Gasteiger partial charge in [-0.2, -0.15) is 13.2 Å². The number of nitrogens with one attached hydrogen (secondary N) is 1. The molecule has 3 aromatic carbocycles. The number of ether oxygens (including phenoxy) is 1. The average molecular weight is 608 g/mol. The summed E-state index contributed by atoms with van der Waals surface area (Å²) >= 11 is 6.20. The average Bonchev–Trinajstić information content (AvgIpc) is 3.77. The first kappa shape index (κ1) is 29.1. The van der Waals surface area contributed by atoms with Crippen molar-refractivity contribution in [2.24, 2.45) is 5.92 Å². The fourth-order valence-corrected chi connectivity index (χ4v) is 7.13. The van der Waals surface area contributed by atoms with Crippen LogP contribution in [0.5, 0.6) is 5.75 Å². The van der Waals surface area contributed by atoms with E-state index in [1.807, 2.05) is 0 Å². The molecule has 2 atom stereocenters. The molecule has 1 aliphatic heterocycles. The maximum atomic E-state index is 14.5.